The quantitative estimate of drug-likeness (QED) is 0.724. The van der Waals surface area contributed by atoms with Crippen LogP contribution in [-0.2, 0) is 10.0 Å². The van der Waals surface area contributed by atoms with E-state index in [0.29, 0.717) is 0 Å². The molecule has 0 aliphatic rings. The first kappa shape index (κ1) is 16.5. The summed E-state index contributed by atoms with van der Waals surface area (Å²) in [7, 11) is -4.03. The van der Waals surface area contributed by atoms with E-state index in [2.05, 4.69) is 4.72 Å². The largest absolute Gasteiger partial charge is 0.478 e. The Morgan fingerprint density at radius 3 is 2.55 bits per heavy atom. The van der Waals surface area contributed by atoms with Gasteiger partial charge >= 0.3 is 5.97 Å². The summed E-state index contributed by atoms with van der Waals surface area (Å²) in [6, 6.07) is 1.68. The first-order valence-electron chi connectivity index (χ1n) is 5.86. The van der Waals surface area contributed by atoms with E-state index >= 15 is 0 Å². The SMILES string of the molecule is Cc1c(F)cc(C(=O)O)cc1S(=O)(=O)NCCC(C)O. The van der Waals surface area contributed by atoms with Gasteiger partial charge in [0.1, 0.15) is 5.82 Å². The number of carboxylic acid groups (broad SMARTS) is 1. The van der Waals surface area contributed by atoms with Crippen molar-refractivity contribution in [2.75, 3.05) is 6.54 Å². The summed E-state index contributed by atoms with van der Waals surface area (Å²) in [6.45, 7) is 2.73. The summed E-state index contributed by atoms with van der Waals surface area (Å²) < 4.78 is 39.8. The van der Waals surface area contributed by atoms with Crippen molar-refractivity contribution in [3.05, 3.63) is 29.1 Å². The fourth-order valence-electron chi connectivity index (χ4n) is 1.54. The Kier molecular flexibility index (Phi) is 5.21. The van der Waals surface area contributed by atoms with Gasteiger partial charge in [-0.15, -0.1) is 0 Å². The number of aliphatic hydroxyl groups excluding tert-OH is 1. The Morgan fingerprint density at radius 1 is 1.45 bits per heavy atom. The Labute approximate surface area is 116 Å². The molecular weight excluding hydrogens is 289 g/mol. The van der Waals surface area contributed by atoms with Crippen molar-refractivity contribution in [1.29, 1.82) is 0 Å². The highest BCUT2D eigenvalue weighted by Gasteiger charge is 2.21. The zero-order valence-corrected chi connectivity index (χ0v) is 11.9. The molecule has 0 aliphatic heterocycles. The fraction of sp³-hybridized carbons (Fsp3) is 0.417. The van der Waals surface area contributed by atoms with E-state index in [4.69, 9.17) is 10.2 Å². The van der Waals surface area contributed by atoms with Crippen molar-refractivity contribution < 1.29 is 27.8 Å². The molecule has 1 aromatic rings. The first-order valence-corrected chi connectivity index (χ1v) is 7.34. The van der Waals surface area contributed by atoms with E-state index in [0.717, 1.165) is 12.1 Å². The second-order valence-corrected chi connectivity index (χ2v) is 6.16. The number of hydrogen-bond donors (Lipinski definition) is 3. The molecule has 20 heavy (non-hydrogen) atoms. The summed E-state index contributed by atoms with van der Waals surface area (Å²) in [6.07, 6.45) is -0.486. The molecule has 3 N–H and O–H groups in total. The number of nitrogens with one attached hydrogen (secondary N) is 1. The average molecular weight is 305 g/mol. The molecule has 112 valence electrons. The van der Waals surface area contributed by atoms with Gasteiger partial charge in [0.2, 0.25) is 10.0 Å². The minimum absolute atomic E-state index is 0.0294. The Morgan fingerprint density at radius 2 is 2.05 bits per heavy atom. The molecule has 0 aliphatic carbocycles. The van der Waals surface area contributed by atoms with Gasteiger partial charge in [-0.2, -0.15) is 0 Å². The van der Waals surface area contributed by atoms with Gasteiger partial charge in [0.25, 0.3) is 0 Å². The van der Waals surface area contributed by atoms with Crippen molar-refractivity contribution in [3.8, 4) is 0 Å². The van der Waals surface area contributed by atoms with Crippen molar-refractivity contribution in [2.45, 2.75) is 31.3 Å². The molecule has 0 radical (unpaired) electrons. The maximum atomic E-state index is 13.6. The molecule has 0 saturated carbocycles. The highest BCUT2D eigenvalue weighted by molar-refractivity contribution is 7.89. The van der Waals surface area contributed by atoms with Crippen LogP contribution in [0.1, 0.15) is 29.3 Å². The highest BCUT2D eigenvalue weighted by atomic mass is 32.2. The number of carboxylic acids is 1. The lowest BCUT2D eigenvalue weighted by Crippen LogP contribution is -2.27. The molecule has 1 unspecified atom stereocenters. The number of benzene rings is 1. The number of sulfonamides is 1. The molecule has 8 heteroatoms. The van der Waals surface area contributed by atoms with Crippen LogP contribution >= 0.6 is 0 Å². The molecule has 0 aromatic heterocycles. The average Bonchev–Trinajstić information content (AvgIpc) is 2.31. The van der Waals surface area contributed by atoms with Gasteiger partial charge in [0.05, 0.1) is 16.6 Å². The zero-order chi connectivity index (χ0) is 15.5. The van der Waals surface area contributed by atoms with Crippen LogP contribution in [0.15, 0.2) is 17.0 Å². The van der Waals surface area contributed by atoms with E-state index in [9.17, 15) is 17.6 Å². The third kappa shape index (κ3) is 3.99. The third-order valence-electron chi connectivity index (χ3n) is 2.69. The van der Waals surface area contributed by atoms with Crippen molar-refractivity contribution in [3.63, 3.8) is 0 Å². The Bertz CT molecular complexity index is 613. The van der Waals surface area contributed by atoms with Crippen molar-refractivity contribution in [2.24, 2.45) is 0 Å². The predicted molar refractivity (Wildman–Crippen MR) is 69.6 cm³/mol. The molecule has 0 amide bonds. The number of carbonyl (C=O) groups is 1. The van der Waals surface area contributed by atoms with E-state index in [1.807, 2.05) is 0 Å². The van der Waals surface area contributed by atoms with Gasteiger partial charge in [-0.05, 0) is 32.4 Å². The van der Waals surface area contributed by atoms with Crippen LogP contribution in [0.4, 0.5) is 4.39 Å². The van der Waals surface area contributed by atoms with Gasteiger partial charge in [0, 0.05) is 12.1 Å². The van der Waals surface area contributed by atoms with Gasteiger partial charge in [-0.25, -0.2) is 22.3 Å². The minimum Gasteiger partial charge on any atom is -0.478 e. The molecule has 1 atom stereocenters. The fourth-order valence-corrected chi connectivity index (χ4v) is 2.86. The van der Waals surface area contributed by atoms with E-state index in [1.54, 1.807) is 0 Å². The first-order chi connectivity index (χ1) is 9.15. The molecule has 0 spiro atoms. The smallest absolute Gasteiger partial charge is 0.335 e. The number of aromatic carboxylic acids is 1. The predicted octanol–water partition coefficient (Wildman–Crippen LogP) is 0.882. The lowest BCUT2D eigenvalue weighted by atomic mass is 10.1. The Balaban J connectivity index is 3.14. The Hall–Kier alpha value is -1.51. The molecule has 1 aromatic carbocycles. The van der Waals surface area contributed by atoms with E-state index < -0.39 is 38.4 Å². The topological polar surface area (TPSA) is 104 Å². The molecular formula is C12H16FNO5S. The summed E-state index contributed by atoms with van der Waals surface area (Å²) in [5.41, 5.74) is -0.594. The van der Waals surface area contributed by atoms with E-state index in [-0.39, 0.29) is 18.5 Å². The maximum absolute atomic E-state index is 13.6. The molecule has 0 saturated heterocycles. The van der Waals surface area contributed by atoms with Crippen LogP contribution in [0.25, 0.3) is 0 Å². The van der Waals surface area contributed by atoms with Gasteiger partial charge < -0.3 is 10.2 Å². The standard InChI is InChI=1S/C12H16FNO5S/c1-7(15)3-4-14-20(18,19)11-6-9(12(16)17)5-10(13)8(11)2/h5-7,14-15H,3-4H2,1-2H3,(H,16,17). The van der Waals surface area contributed by atoms with Crippen LogP contribution < -0.4 is 4.72 Å². The normalized spacial score (nSPS) is 13.2. The van der Waals surface area contributed by atoms with E-state index in [1.165, 1.54) is 13.8 Å². The summed E-state index contributed by atoms with van der Waals surface area (Å²) in [5, 5.41) is 17.9. The molecule has 1 rings (SSSR count). The number of rotatable bonds is 6. The van der Waals surface area contributed by atoms with Crippen LogP contribution in [0.3, 0.4) is 0 Å². The van der Waals surface area contributed by atoms with Crippen LogP contribution in [0.5, 0.6) is 0 Å². The third-order valence-corrected chi connectivity index (χ3v) is 4.27. The minimum atomic E-state index is -4.03. The maximum Gasteiger partial charge on any atom is 0.335 e. The van der Waals surface area contributed by atoms with Crippen LogP contribution in [0, 0.1) is 12.7 Å². The van der Waals surface area contributed by atoms with Gasteiger partial charge in [-0.1, -0.05) is 0 Å². The second kappa shape index (κ2) is 6.29. The van der Waals surface area contributed by atoms with Gasteiger partial charge in [-0.3, -0.25) is 0 Å². The molecule has 0 fully saturated rings. The van der Waals surface area contributed by atoms with Crippen molar-refractivity contribution in [1.82, 2.24) is 4.72 Å². The summed E-state index contributed by atoms with van der Waals surface area (Å²) in [4.78, 5) is 10.4. The lowest BCUT2D eigenvalue weighted by Gasteiger charge is -2.11. The summed E-state index contributed by atoms with van der Waals surface area (Å²) >= 11 is 0. The summed E-state index contributed by atoms with van der Waals surface area (Å²) in [5.74, 6) is -2.31. The monoisotopic (exact) mass is 305 g/mol. The molecule has 0 bridgehead atoms. The number of aliphatic hydroxyl groups is 1. The van der Waals surface area contributed by atoms with Crippen LogP contribution in [-0.4, -0.2) is 37.2 Å². The van der Waals surface area contributed by atoms with Gasteiger partial charge in [0.15, 0.2) is 0 Å². The molecule has 0 heterocycles. The van der Waals surface area contributed by atoms with Crippen molar-refractivity contribution >= 4 is 16.0 Å². The molecule has 6 nitrogen and oxygen atoms in total. The second-order valence-electron chi connectivity index (χ2n) is 4.42. The number of halogens is 1. The number of hydrogen-bond acceptors (Lipinski definition) is 4. The van der Waals surface area contributed by atoms with Crippen LogP contribution in [0.2, 0.25) is 0 Å². The lowest BCUT2D eigenvalue weighted by molar-refractivity contribution is 0.0696. The highest BCUT2D eigenvalue weighted by Crippen LogP contribution is 2.20. The zero-order valence-electron chi connectivity index (χ0n) is 11.1.